The van der Waals surface area contributed by atoms with Crippen molar-refractivity contribution in [1.82, 2.24) is 15.0 Å². The Morgan fingerprint density at radius 1 is 1.25 bits per heavy atom. The zero-order valence-electron chi connectivity index (χ0n) is 12.9. The zero-order chi connectivity index (χ0) is 16.7. The molecule has 1 aromatic carbocycles. The number of anilines is 1. The van der Waals surface area contributed by atoms with Gasteiger partial charge in [0.2, 0.25) is 5.72 Å². The number of amides is 1. The van der Waals surface area contributed by atoms with Crippen molar-refractivity contribution in [1.29, 1.82) is 0 Å². The van der Waals surface area contributed by atoms with E-state index < -0.39 is 11.6 Å². The molecule has 4 N–H and O–H groups in total. The minimum Gasteiger partial charge on any atom is -0.365 e. The molecule has 4 rings (SSSR count). The molecule has 0 bridgehead atoms. The largest absolute Gasteiger partial charge is 0.365 e. The molecule has 0 aliphatic carbocycles. The van der Waals surface area contributed by atoms with Crippen molar-refractivity contribution >= 4 is 22.8 Å². The number of carbonyl (C=O) groups is 1. The van der Waals surface area contributed by atoms with Crippen molar-refractivity contribution in [3.63, 3.8) is 0 Å². The van der Waals surface area contributed by atoms with Crippen LogP contribution in [0.25, 0.3) is 22.4 Å². The van der Waals surface area contributed by atoms with E-state index in [1.165, 1.54) is 0 Å². The smallest absolute Gasteiger partial charge is 0.270 e. The maximum absolute atomic E-state index is 11.8. The Labute approximate surface area is 138 Å². The maximum Gasteiger partial charge on any atom is 0.270 e. The lowest BCUT2D eigenvalue weighted by Crippen LogP contribution is -2.54. The molecule has 0 spiro atoms. The number of nitrogens with zero attached hydrogens (tertiary/aromatic N) is 3. The van der Waals surface area contributed by atoms with E-state index in [0.717, 1.165) is 10.9 Å². The van der Waals surface area contributed by atoms with Gasteiger partial charge < -0.3 is 20.7 Å². The number of hydrogen-bond acceptors (Lipinski definition) is 5. The Bertz CT molecular complexity index is 908. The first-order valence-corrected chi connectivity index (χ1v) is 7.80. The second kappa shape index (κ2) is 5.31. The number of aromatic amines is 1. The average Bonchev–Trinajstić information content (AvgIpc) is 3.22. The van der Waals surface area contributed by atoms with Crippen molar-refractivity contribution in [2.45, 2.75) is 18.6 Å². The zero-order valence-corrected chi connectivity index (χ0v) is 12.9. The second-order valence-electron chi connectivity index (χ2n) is 5.91. The predicted octanol–water partition coefficient (Wildman–Crippen LogP) is 1.40. The van der Waals surface area contributed by atoms with Gasteiger partial charge in [-0.3, -0.25) is 4.79 Å². The molecule has 3 heterocycles. The highest BCUT2D eigenvalue weighted by Crippen LogP contribution is 2.36. The standard InChI is InChI=1S/C17H17N5O2/c18-16(23)17(24)8-4-10-22(17)15-12-7-9-19-14(12)20-13(21-15)11-5-2-1-3-6-11/h1-3,5-7,9,24H,4,8,10H2,(H2,18,23)(H,19,20,21)/t17-/m1/s1. The lowest BCUT2D eigenvalue weighted by atomic mass is 10.1. The maximum atomic E-state index is 11.8. The van der Waals surface area contributed by atoms with E-state index in [1.807, 2.05) is 36.4 Å². The summed E-state index contributed by atoms with van der Waals surface area (Å²) >= 11 is 0. The summed E-state index contributed by atoms with van der Waals surface area (Å²) in [5.74, 6) is 0.279. The monoisotopic (exact) mass is 323 g/mol. The molecule has 1 amide bonds. The number of fused-ring (bicyclic) bond motifs is 1. The summed E-state index contributed by atoms with van der Waals surface area (Å²) in [6, 6.07) is 11.4. The van der Waals surface area contributed by atoms with Crippen molar-refractivity contribution < 1.29 is 9.90 Å². The van der Waals surface area contributed by atoms with Crippen LogP contribution in [0.2, 0.25) is 0 Å². The molecule has 0 saturated carbocycles. The molecule has 7 nitrogen and oxygen atoms in total. The molecule has 1 aliphatic heterocycles. The third kappa shape index (κ3) is 2.13. The number of carbonyl (C=O) groups excluding carboxylic acids is 1. The normalized spacial score (nSPS) is 20.6. The van der Waals surface area contributed by atoms with Crippen molar-refractivity contribution in [3.8, 4) is 11.4 Å². The molecule has 1 atom stereocenters. The molecule has 3 aromatic rings. The molecule has 122 valence electrons. The molecular weight excluding hydrogens is 306 g/mol. The Morgan fingerprint density at radius 2 is 2.04 bits per heavy atom. The van der Waals surface area contributed by atoms with Crippen LogP contribution in [0.4, 0.5) is 5.82 Å². The summed E-state index contributed by atoms with van der Waals surface area (Å²) < 4.78 is 0. The van der Waals surface area contributed by atoms with E-state index >= 15 is 0 Å². The minimum atomic E-state index is -1.72. The lowest BCUT2D eigenvalue weighted by Gasteiger charge is -2.32. The number of rotatable bonds is 3. The number of aromatic nitrogens is 3. The SMILES string of the molecule is NC(=O)[C@]1(O)CCCN1c1nc(-c2ccccc2)nc2[nH]ccc12. The van der Waals surface area contributed by atoms with Gasteiger partial charge in [-0.25, -0.2) is 9.97 Å². The van der Waals surface area contributed by atoms with Crippen molar-refractivity contribution in [2.75, 3.05) is 11.4 Å². The molecule has 24 heavy (non-hydrogen) atoms. The third-order valence-corrected chi connectivity index (χ3v) is 4.43. The van der Waals surface area contributed by atoms with Gasteiger partial charge in [-0.05, 0) is 12.5 Å². The summed E-state index contributed by atoms with van der Waals surface area (Å²) in [6.07, 6.45) is 2.71. The summed E-state index contributed by atoms with van der Waals surface area (Å²) in [5, 5.41) is 11.5. The van der Waals surface area contributed by atoms with E-state index in [9.17, 15) is 9.90 Å². The highest BCUT2D eigenvalue weighted by atomic mass is 16.3. The van der Waals surface area contributed by atoms with Crippen molar-refractivity contribution in [3.05, 3.63) is 42.6 Å². The van der Waals surface area contributed by atoms with E-state index in [1.54, 1.807) is 11.1 Å². The predicted molar refractivity (Wildman–Crippen MR) is 90.0 cm³/mol. The highest BCUT2D eigenvalue weighted by Gasteiger charge is 2.46. The number of nitrogens with one attached hydrogen (secondary N) is 1. The fraction of sp³-hybridized carbons (Fsp3) is 0.235. The average molecular weight is 323 g/mol. The highest BCUT2D eigenvalue weighted by molar-refractivity contribution is 5.94. The molecule has 1 saturated heterocycles. The van der Waals surface area contributed by atoms with Crippen LogP contribution in [0.5, 0.6) is 0 Å². The quantitative estimate of drug-likeness (QED) is 0.675. The molecule has 1 aliphatic rings. The Hall–Kier alpha value is -2.93. The van der Waals surface area contributed by atoms with E-state index in [-0.39, 0.29) is 0 Å². The van der Waals surface area contributed by atoms with Crippen LogP contribution in [-0.4, -0.2) is 38.2 Å². The number of benzene rings is 1. The van der Waals surface area contributed by atoms with Crippen LogP contribution in [0, 0.1) is 0 Å². The van der Waals surface area contributed by atoms with Crippen LogP contribution in [0.1, 0.15) is 12.8 Å². The van der Waals surface area contributed by atoms with Gasteiger partial charge in [0.05, 0.1) is 5.39 Å². The Balaban J connectivity index is 1.92. The topological polar surface area (TPSA) is 108 Å². The molecule has 0 radical (unpaired) electrons. The number of aliphatic hydroxyl groups is 1. The van der Waals surface area contributed by atoms with E-state index in [0.29, 0.717) is 36.7 Å². The fourth-order valence-electron chi connectivity index (χ4n) is 3.19. The second-order valence-corrected chi connectivity index (χ2v) is 5.91. The molecule has 7 heteroatoms. The van der Waals surface area contributed by atoms with Crippen LogP contribution < -0.4 is 10.6 Å². The first kappa shape index (κ1) is 14.6. The molecule has 2 aromatic heterocycles. The molecular formula is C17H17N5O2. The van der Waals surface area contributed by atoms with Crippen LogP contribution in [0.15, 0.2) is 42.6 Å². The van der Waals surface area contributed by atoms with E-state index in [4.69, 9.17) is 5.73 Å². The summed E-state index contributed by atoms with van der Waals surface area (Å²) in [7, 11) is 0. The van der Waals surface area contributed by atoms with E-state index in [2.05, 4.69) is 15.0 Å². The lowest BCUT2D eigenvalue weighted by molar-refractivity contribution is -0.135. The van der Waals surface area contributed by atoms with Gasteiger partial charge in [-0.2, -0.15) is 0 Å². The summed E-state index contributed by atoms with van der Waals surface area (Å²) in [5.41, 5.74) is 5.24. The fourth-order valence-corrected chi connectivity index (χ4v) is 3.19. The van der Waals surface area contributed by atoms with Gasteiger partial charge in [0.15, 0.2) is 5.82 Å². The Kier molecular flexibility index (Phi) is 3.24. The van der Waals surface area contributed by atoms with Gasteiger partial charge >= 0.3 is 0 Å². The van der Waals surface area contributed by atoms with Gasteiger partial charge in [0.25, 0.3) is 5.91 Å². The molecule has 0 unspecified atom stereocenters. The first-order chi connectivity index (χ1) is 11.6. The summed E-state index contributed by atoms with van der Waals surface area (Å²) in [6.45, 7) is 0.505. The number of H-pyrrole nitrogens is 1. The van der Waals surface area contributed by atoms with Gasteiger partial charge in [-0.15, -0.1) is 0 Å². The van der Waals surface area contributed by atoms with Gasteiger partial charge in [0.1, 0.15) is 11.5 Å². The van der Waals surface area contributed by atoms with Crippen LogP contribution >= 0.6 is 0 Å². The first-order valence-electron chi connectivity index (χ1n) is 7.80. The number of nitrogens with two attached hydrogens (primary N) is 1. The number of hydrogen-bond donors (Lipinski definition) is 3. The van der Waals surface area contributed by atoms with Crippen LogP contribution in [-0.2, 0) is 4.79 Å². The van der Waals surface area contributed by atoms with Crippen molar-refractivity contribution in [2.24, 2.45) is 5.73 Å². The number of primary amides is 1. The van der Waals surface area contributed by atoms with Gasteiger partial charge in [-0.1, -0.05) is 30.3 Å². The molecule has 1 fully saturated rings. The third-order valence-electron chi connectivity index (χ3n) is 4.43. The van der Waals surface area contributed by atoms with Gasteiger partial charge in [0, 0.05) is 24.7 Å². The van der Waals surface area contributed by atoms with Crippen LogP contribution in [0.3, 0.4) is 0 Å². The minimum absolute atomic E-state index is 0.291. The Morgan fingerprint density at radius 3 is 2.79 bits per heavy atom. The summed E-state index contributed by atoms with van der Waals surface area (Å²) in [4.78, 5) is 25.6.